The van der Waals surface area contributed by atoms with E-state index in [0.717, 1.165) is 18.8 Å². The molecule has 1 aliphatic carbocycles. The van der Waals surface area contributed by atoms with Crippen molar-refractivity contribution in [2.24, 2.45) is 11.7 Å². The molecule has 0 atom stereocenters. The van der Waals surface area contributed by atoms with Crippen molar-refractivity contribution in [3.8, 4) is 0 Å². The number of carbonyl (C=O) groups is 2. The van der Waals surface area contributed by atoms with Crippen LogP contribution in [0.15, 0.2) is 0 Å². The van der Waals surface area contributed by atoms with Crippen molar-refractivity contribution in [3.05, 3.63) is 0 Å². The Balaban J connectivity index is 2.22. The summed E-state index contributed by atoms with van der Waals surface area (Å²) in [4.78, 5) is 24.0. The number of hydrogen-bond donors (Lipinski definition) is 2. The van der Waals surface area contributed by atoms with Gasteiger partial charge in [0.15, 0.2) is 0 Å². The highest BCUT2D eigenvalue weighted by atomic mass is 16.2. The number of likely N-dealkylation sites (N-methyl/N-ethyl adjacent to an activating group) is 1. The highest BCUT2D eigenvalue weighted by molar-refractivity contribution is 5.80. The molecule has 0 radical (unpaired) electrons. The lowest BCUT2D eigenvalue weighted by Gasteiger charge is -2.27. The van der Waals surface area contributed by atoms with Gasteiger partial charge in [0.05, 0.1) is 13.1 Å². The van der Waals surface area contributed by atoms with E-state index in [4.69, 9.17) is 5.73 Å². The molecule has 1 rings (SSSR count). The average molecular weight is 241 g/mol. The Kier molecular flexibility index (Phi) is 5.41. The van der Waals surface area contributed by atoms with Gasteiger partial charge >= 0.3 is 0 Å². The lowest BCUT2D eigenvalue weighted by atomic mass is 9.87. The molecule has 1 saturated carbocycles. The molecule has 1 aliphatic rings. The first-order chi connectivity index (χ1) is 7.97. The molecule has 98 valence electrons. The summed E-state index contributed by atoms with van der Waals surface area (Å²) in [5, 5.41) is 3.01. The predicted octanol–water partition coefficient (Wildman–Crippen LogP) is 0.0984. The number of rotatable bonds is 5. The molecule has 0 unspecified atom stereocenters. The number of hydrogen-bond acceptors (Lipinski definition) is 3. The molecule has 2 amide bonds. The molecule has 17 heavy (non-hydrogen) atoms. The number of nitrogens with zero attached hydrogens (tertiary/aromatic N) is 1. The summed E-state index contributed by atoms with van der Waals surface area (Å²) in [7, 11) is 1.72. The molecular formula is C12H23N3O2. The summed E-state index contributed by atoms with van der Waals surface area (Å²) in [5.41, 5.74) is 5.06. The topological polar surface area (TPSA) is 75.4 Å². The van der Waals surface area contributed by atoms with Gasteiger partial charge in [-0.25, -0.2) is 0 Å². The van der Waals surface area contributed by atoms with E-state index in [-0.39, 0.29) is 19.0 Å². The van der Waals surface area contributed by atoms with E-state index in [2.05, 4.69) is 12.2 Å². The van der Waals surface area contributed by atoms with Crippen LogP contribution in [0.1, 0.15) is 32.6 Å². The van der Waals surface area contributed by atoms with E-state index in [1.807, 2.05) is 0 Å². The van der Waals surface area contributed by atoms with Crippen LogP contribution in [0.3, 0.4) is 0 Å². The number of carbonyl (C=O) groups excluding carboxylic acids is 2. The minimum Gasteiger partial charge on any atom is -0.369 e. The molecule has 5 nitrogen and oxygen atoms in total. The van der Waals surface area contributed by atoms with E-state index < -0.39 is 5.91 Å². The maximum Gasteiger partial charge on any atom is 0.234 e. The van der Waals surface area contributed by atoms with Crippen LogP contribution in [-0.4, -0.2) is 42.9 Å². The Morgan fingerprint density at radius 2 is 1.82 bits per heavy atom. The Labute approximate surface area is 103 Å². The molecule has 0 aromatic rings. The van der Waals surface area contributed by atoms with E-state index >= 15 is 0 Å². The quantitative estimate of drug-likeness (QED) is 0.716. The fraction of sp³-hybridized carbons (Fsp3) is 0.833. The van der Waals surface area contributed by atoms with Crippen LogP contribution in [0.2, 0.25) is 0 Å². The second-order valence-electron chi connectivity index (χ2n) is 5.16. The normalized spacial score (nSPS) is 24.6. The fourth-order valence-corrected chi connectivity index (χ4v) is 2.24. The van der Waals surface area contributed by atoms with Crippen molar-refractivity contribution in [2.45, 2.75) is 38.6 Å². The number of primary amides is 1. The number of nitrogens with one attached hydrogen (secondary N) is 1. The fourth-order valence-electron chi connectivity index (χ4n) is 2.24. The molecule has 5 heteroatoms. The van der Waals surface area contributed by atoms with Crippen LogP contribution >= 0.6 is 0 Å². The lowest BCUT2D eigenvalue weighted by Crippen LogP contribution is -2.44. The van der Waals surface area contributed by atoms with Crippen molar-refractivity contribution in [2.75, 3.05) is 20.1 Å². The largest absolute Gasteiger partial charge is 0.369 e. The summed E-state index contributed by atoms with van der Waals surface area (Å²) < 4.78 is 0. The highest BCUT2D eigenvalue weighted by Gasteiger charge is 2.20. The zero-order valence-corrected chi connectivity index (χ0v) is 10.7. The van der Waals surface area contributed by atoms with Crippen molar-refractivity contribution >= 4 is 11.8 Å². The van der Waals surface area contributed by atoms with Crippen LogP contribution in [0.25, 0.3) is 0 Å². The maximum absolute atomic E-state index is 11.7. The zero-order chi connectivity index (χ0) is 12.8. The molecule has 1 fully saturated rings. The standard InChI is InChI=1S/C12H23N3O2/c1-9-3-5-10(6-4-9)14-12(17)8-15(2)7-11(13)16/h9-10H,3-8H2,1-2H3,(H2,13,16)(H,14,17). The van der Waals surface area contributed by atoms with Gasteiger partial charge < -0.3 is 11.1 Å². The van der Waals surface area contributed by atoms with E-state index in [9.17, 15) is 9.59 Å². The zero-order valence-electron chi connectivity index (χ0n) is 10.7. The summed E-state index contributed by atoms with van der Waals surface area (Å²) >= 11 is 0. The molecule has 0 aromatic carbocycles. The van der Waals surface area contributed by atoms with Gasteiger partial charge in [-0.1, -0.05) is 6.92 Å². The molecular weight excluding hydrogens is 218 g/mol. The first kappa shape index (κ1) is 14.0. The monoisotopic (exact) mass is 241 g/mol. The lowest BCUT2D eigenvalue weighted by molar-refractivity contribution is -0.124. The Hall–Kier alpha value is -1.10. The average Bonchev–Trinajstić information content (AvgIpc) is 2.19. The highest BCUT2D eigenvalue weighted by Crippen LogP contribution is 2.23. The van der Waals surface area contributed by atoms with Gasteiger partial charge in [0.1, 0.15) is 0 Å². The smallest absolute Gasteiger partial charge is 0.234 e. The predicted molar refractivity (Wildman–Crippen MR) is 66.3 cm³/mol. The SMILES string of the molecule is CC1CCC(NC(=O)CN(C)CC(N)=O)CC1. The van der Waals surface area contributed by atoms with Crippen LogP contribution in [0.4, 0.5) is 0 Å². The molecule has 0 saturated heterocycles. The molecule has 0 heterocycles. The van der Waals surface area contributed by atoms with Gasteiger partial charge in [0, 0.05) is 6.04 Å². The minimum atomic E-state index is -0.410. The van der Waals surface area contributed by atoms with E-state index in [1.165, 1.54) is 12.8 Å². The van der Waals surface area contributed by atoms with Crippen molar-refractivity contribution < 1.29 is 9.59 Å². The number of nitrogens with two attached hydrogens (primary N) is 1. The summed E-state index contributed by atoms with van der Waals surface area (Å²) in [6, 6.07) is 0.306. The Bertz CT molecular complexity index is 273. The van der Waals surface area contributed by atoms with Crippen LogP contribution in [0.5, 0.6) is 0 Å². The molecule has 3 N–H and O–H groups in total. The third-order valence-electron chi connectivity index (χ3n) is 3.22. The third kappa shape index (κ3) is 5.68. The first-order valence-corrected chi connectivity index (χ1v) is 6.23. The Morgan fingerprint density at radius 3 is 2.35 bits per heavy atom. The number of amides is 2. The molecule has 0 aromatic heterocycles. The van der Waals surface area contributed by atoms with Gasteiger partial charge in [0.2, 0.25) is 11.8 Å². The van der Waals surface area contributed by atoms with Crippen molar-refractivity contribution in [3.63, 3.8) is 0 Å². The molecule has 0 aliphatic heterocycles. The van der Waals surface area contributed by atoms with Crippen LogP contribution < -0.4 is 11.1 Å². The van der Waals surface area contributed by atoms with Gasteiger partial charge in [-0.05, 0) is 38.6 Å². The Morgan fingerprint density at radius 1 is 1.24 bits per heavy atom. The van der Waals surface area contributed by atoms with Crippen LogP contribution in [0, 0.1) is 5.92 Å². The maximum atomic E-state index is 11.7. The summed E-state index contributed by atoms with van der Waals surface area (Å²) in [6.45, 7) is 2.60. The summed E-state index contributed by atoms with van der Waals surface area (Å²) in [6.07, 6.45) is 4.49. The van der Waals surface area contributed by atoms with Crippen LogP contribution in [-0.2, 0) is 9.59 Å². The van der Waals surface area contributed by atoms with Gasteiger partial charge in [-0.3, -0.25) is 14.5 Å². The van der Waals surface area contributed by atoms with Crippen molar-refractivity contribution in [1.29, 1.82) is 0 Å². The van der Waals surface area contributed by atoms with Gasteiger partial charge in [-0.2, -0.15) is 0 Å². The second-order valence-corrected chi connectivity index (χ2v) is 5.16. The van der Waals surface area contributed by atoms with Gasteiger partial charge in [0.25, 0.3) is 0 Å². The third-order valence-corrected chi connectivity index (χ3v) is 3.22. The minimum absolute atomic E-state index is 0.0201. The molecule has 0 spiro atoms. The first-order valence-electron chi connectivity index (χ1n) is 6.23. The van der Waals surface area contributed by atoms with E-state index in [0.29, 0.717) is 6.04 Å². The van der Waals surface area contributed by atoms with E-state index in [1.54, 1.807) is 11.9 Å². The summed E-state index contributed by atoms with van der Waals surface area (Å²) in [5.74, 6) is 0.348. The second kappa shape index (κ2) is 6.59. The van der Waals surface area contributed by atoms with Gasteiger partial charge in [-0.15, -0.1) is 0 Å². The molecule has 0 bridgehead atoms. The van der Waals surface area contributed by atoms with Crippen molar-refractivity contribution in [1.82, 2.24) is 10.2 Å².